The van der Waals surface area contributed by atoms with E-state index in [1.807, 2.05) is 0 Å². The summed E-state index contributed by atoms with van der Waals surface area (Å²) in [4.78, 5) is 34.0. The first-order valence-electron chi connectivity index (χ1n) is 9.94. The standard InChI is InChI=1S/C21H20F3N3O3S/c22-21(23,24)30-14-7-3-1-5-12(14)11-25-17(28)10-9-16-26-19(29)18-13-6-2-4-8-15(13)31-20(18)27-16/h1,3,5,7H,2,4,6,8-11H2,(H,25,28)(H,26,27,29). The molecule has 1 aliphatic rings. The summed E-state index contributed by atoms with van der Waals surface area (Å²) < 4.78 is 41.5. The zero-order chi connectivity index (χ0) is 22.0. The Balaban J connectivity index is 1.39. The lowest BCUT2D eigenvalue weighted by molar-refractivity contribution is -0.274. The summed E-state index contributed by atoms with van der Waals surface area (Å²) in [5.41, 5.74) is 1.13. The molecule has 31 heavy (non-hydrogen) atoms. The highest BCUT2D eigenvalue weighted by Gasteiger charge is 2.32. The van der Waals surface area contributed by atoms with E-state index in [1.165, 1.54) is 34.4 Å². The van der Waals surface area contributed by atoms with Gasteiger partial charge in [-0.15, -0.1) is 24.5 Å². The fraction of sp³-hybridized carbons (Fsp3) is 0.381. The molecule has 0 bridgehead atoms. The number of nitrogens with one attached hydrogen (secondary N) is 2. The highest BCUT2D eigenvalue weighted by molar-refractivity contribution is 7.18. The molecule has 3 aromatic rings. The molecule has 0 unspecified atom stereocenters. The van der Waals surface area contributed by atoms with Crippen LogP contribution in [-0.2, 0) is 30.6 Å². The van der Waals surface area contributed by atoms with Gasteiger partial charge in [0.25, 0.3) is 5.56 Å². The molecule has 2 heterocycles. The number of rotatable bonds is 6. The average Bonchev–Trinajstić information content (AvgIpc) is 3.09. The van der Waals surface area contributed by atoms with E-state index in [4.69, 9.17) is 0 Å². The van der Waals surface area contributed by atoms with Crippen LogP contribution in [0.5, 0.6) is 5.75 Å². The number of fused-ring (bicyclic) bond motifs is 3. The van der Waals surface area contributed by atoms with Crippen LogP contribution in [-0.4, -0.2) is 22.2 Å². The number of amides is 1. The second kappa shape index (κ2) is 8.70. The lowest BCUT2D eigenvalue weighted by atomic mass is 9.97. The molecule has 4 rings (SSSR count). The number of aromatic nitrogens is 2. The maximum absolute atomic E-state index is 12.5. The van der Waals surface area contributed by atoms with Crippen LogP contribution in [0.3, 0.4) is 0 Å². The van der Waals surface area contributed by atoms with Crippen molar-refractivity contribution < 1.29 is 22.7 Å². The monoisotopic (exact) mass is 451 g/mol. The molecular formula is C21H20F3N3O3S. The largest absolute Gasteiger partial charge is 0.573 e. The minimum absolute atomic E-state index is 0.0435. The van der Waals surface area contributed by atoms with Crippen LogP contribution in [0.4, 0.5) is 13.2 Å². The van der Waals surface area contributed by atoms with Crippen LogP contribution in [0.25, 0.3) is 10.2 Å². The maximum Gasteiger partial charge on any atom is 0.573 e. The van der Waals surface area contributed by atoms with E-state index in [0.29, 0.717) is 16.0 Å². The molecule has 2 N–H and O–H groups in total. The van der Waals surface area contributed by atoms with Crippen molar-refractivity contribution in [3.8, 4) is 5.75 Å². The van der Waals surface area contributed by atoms with Gasteiger partial charge in [-0.1, -0.05) is 18.2 Å². The Morgan fingerprint density at radius 2 is 2.00 bits per heavy atom. The molecule has 164 valence electrons. The van der Waals surface area contributed by atoms with E-state index in [9.17, 15) is 22.8 Å². The number of nitrogens with zero attached hydrogens (tertiary/aromatic N) is 1. The number of benzene rings is 1. The smallest absolute Gasteiger partial charge is 0.405 e. The number of carbonyl (C=O) groups excluding carboxylic acids is 1. The number of para-hydroxylation sites is 1. The number of alkyl halides is 3. The van der Waals surface area contributed by atoms with Gasteiger partial charge >= 0.3 is 6.36 Å². The van der Waals surface area contributed by atoms with Gasteiger partial charge in [-0.3, -0.25) is 9.59 Å². The van der Waals surface area contributed by atoms with Crippen molar-refractivity contribution in [2.75, 3.05) is 0 Å². The van der Waals surface area contributed by atoms with Gasteiger partial charge in [-0.2, -0.15) is 0 Å². The summed E-state index contributed by atoms with van der Waals surface area (Å²) in [5.74, 6) is -0.296. The molecule has 0 spiro atoms. The van der Waals surface area contributed by atoms with Gasteiger partial charge in [0, 0.05) is 29.8 Å². The fourth-order valence-electron chi connectivity index (χ4n) is 3.72. The van der Waals surface area contributed by atoms with Crippen molar-refractivity contribution in [1.82, 2.24) is 15.3 Å². The number of aromatic amines is 1. The highest BCUT2D eigenvalue weighted by Crippen LogP contribution is 2.33. The van der Waals surface area contributed by atoms with Crippen LogP contribution in [0.1, 0.15) is 41.1 Å². The molecule has 1 aromatic carbocycles. The molecular weight excluding hydrogens is 431 g/mol. The van der Waals surface area contributed by atoms with Gasteiger partial charge in [0.15, 0.2) is 0 Å². The van der Waals surface area contributed by atoms with E-state index in [2.05, 4.69) is 20.0 Å². The molecule has 1 aliphatic carbocycles. The molecule has 10 heteroatoms. The van der Waals surface area contributed by atoms with Crippen molar-refractivity contribution >= 4 is 27.5 Å². The summed E-state index contributed by atoms with van der Waals surface area (Å²) in [6.45, 7) is -0.105. The molecule has 0 radical (unpaired) electrons. The molecule has 0 saturated carbocycles. The Morgan fingerprint density at radius 1 is 1.23 bits per heavy atom. The number of thiophene rings is 1. The lowest BCUT2D eigenvalue weighted by Gasteiger charge is -2.13. The average molecular weight is 451 g/mol. The first-order valence-corrected chi connectivity index (χ1v) is 10.8. The van der Waals surface area contributed by atoms with Gasteiger partial charge < -0.3 is 15.0 Å². The third-order valence-corrected chi connectivity index (χ3v) is 6.32. The Kier molecular flexibility index (Phi) is 5.99. The second-order valence-corrected chi connectivity index (χ2v) is 8.42. The summed E-state index contributed by atoms with van der Waals surface area (Å²) in [7, 11) is 0. The number of H-pyrrole nitrogens is 1. The number of halogens is 3. The zero-order valence-corrected chi connectivity index (χ0v) is 17.3. The van der Waals surface area contributed by atoms with Crippen LogP contribution in [0.2, 0.25) is 0 Å². The van der Waals surface area contributed by atoms with E-state index in [-0.39, 0.29) is 42.2 Å². The minimum atomic E-state index is -4.81. The quantitative estimate of drug-likeness (QED) is 0.593. The van der Waals surface area contributed by atoms with E-state index in [0.717, 1.165) is 31.2 Å². The van der Waals surface area contributed by atoms with Crippen molar-refractivity contribution in [1.29, 1.82) is 0 Å². The molecule has 0 saturated heterocycles. The van der Waals surface area contributed by atoms with Gasteiger partial charge in [-0.25, -0.2) is 4.98 Å². The molecule has 0 atom stereocenters. The number of hydrogen-bond acceptors (Lipinski definition) is 5. The first-order chi connectivity index (χ1) is 14.8. The molecule has 6 nitrogen and oxygen atoms in total. The predicted molar refractivity (Wildman–Crippen MR) is 110 cm³/mol. The van der Waals surface area contributed by atoms with Gasteiger partial charge in [0.1, 0.15) is 16.4 Å². The van der Waals surface area contributed by atoms with E-state index >= 15 is 0 Å². The molecule has 0 aliphatic heterocycles. The fourth-order valence-corrected chi connectivity index (χ4v) is 5.00. The summed E-state index contributed by atoms with van der Waals surface area (Å²) >= 11 is 1.54. The molecule has 2 aromatic heterocycles. The van der Waals surface area contributed by atoms with E-state index in [1.54, 1.807) is 6.07 Å². The SMILES string of the molecule is O=C(CCc1nc2sc3c(c2c(=O)[nH]1)CCCC3)NCc1ccccc1OC(F)(F)F. The normalized spacial score (nSPS) is 13.8. The van der Waals surface area contributed by atoms with Gasteiger partial charge in [0.05, 0.1) is 5.39 Å². The van der Waals surface area contributed by atoms with Crippen molar-refractivity contribution in [3.63, 3.8) is 0 Å². The zero-order valence-electron chi connectivity index (χ0n) is 16.5. The Morgan fingerprint density at radius 3 is 2.81 bits per heavy atom. The second-order valence-electron chi connectivity index (χ2n) is 7.34. The van der Waals surface area contributed by atoms with Gasteiger partial charge in [-0.05, 0) is 37.3 Å². The number of ether oxygens (including phenoxy) is 1. The third kappa shape index (κ3) is 5.07. The Bertz CT molecular complexity index is 1170. The Hall–Kier alpha value is -2.88. The van der Waals surface area contributed by atoms with Gasteiger partial charge in [0.2, 0.25) is 5.91 Å². The lowest BCUT2D eigenvalue weighted by Crippen LogP contribution is -2.25. The van der Waals surface area contributed by atoms with Crippen LogP contribution < -0.4 is 15.6 Å². The van der Waals surface area contributed by atoms with Crippen molar-refractivity contribution in [2.24, 2.45) is 0 Å². The number of hydrogen-bond donors (Lipinski definition) is 2. The summed E-state index contributed by atoms with van der Waals surface area (Å²) in [5, 5.41) is 3.24. The van der Waals surface area contributed by atoms with E-state index < -0.39 is 6.36 Å². The van der Waals surface area contributed by atoms with Crippen molar-refractivity contribution in [2.45, 2.75) is 51.4 Å². The summed E-state index contributed by atoms with van der Waals surface area (Å²) in [6.07, 6.45) is -0.507. The van der Waals surface area contributed by atoms with Crippen LogP contribution in [0.15, 0.2) is 29.1 Å². The Labute approximate surface area is 179 Å². The molecule has 1 amide bonds. The maximum atomic E-state index is 12.5. The minimum Gasteiger partial charge on any atom is -0.405 e. The summed E-state index contributed by atoms with van der Waals surface area (Å²) in [6, 6.07) is 5.63. The predicted octanol–water partition coefficient (Wildman–Crippen LogP) is 4.01. The van der Waals surface area contributed by atoms with Crippen LogP contribution >= 0.6 is 11.3 Å². The molecule has 0 fully saturated rings. The number of carbonyl (C=O) groups is 1. The van der Waals surface area contributed by atoms with Crippen molar-refractivity contribution in [3.05, 3.63) is 56.4 Å². The topological polar surface area (TPSA) is 84.1 Å². The number of aryl methyl sites for hydroxylation is 3. The highest BCUT2D eigenvalue weighted by atomic mass is 32.1. The third-order valence-electron chi connectivity index (χ3n) is 5.14. The first kappa shape index (κ1) is 21.4. The van der Waals surface area contributed by atoms with Crippen LogP contribution in [0, 0.1) is 0 Å².